The Morgan fingerprint density at radius 2 is 1.33 bits per heavy atom. The van der Waals surface area contributed by atoms with E-state index in [2.05, 4.69) is 6.07 Å². The number of anilines is 2. The normalized spacial score (nSPS) is 13.6. The second kappa shape index (κ2) is 15.8. The van der Waals surface area contributed by atoms with E-state index >= 15 is 13.2 Å². The summed E-state index contributed by atoms with van der Waals surface area (Å²) < 4.78 is 118. The molecule has 0 unspecified atom stereocenters. The molecule has 0 bridgehead atoms. The number of halogens is 6. The van der Waals surface area contributed by atoms with Gasteiger partial charge in [-0.15, -0.1) is 0 Å². The molecule has 1 saturated carbocycles. The first kappa shape index (κ1) is 43.2. The van der Waals surface area contributed by atoms with Gasteiger partial charge in [0, 0.05) is 26.7 Å². The zero-order valence-corrected chi connectivity index (χ0v) is 33.7. The van der Waals surface area contributed by atoms with Crippen LogP contribution in [0.2, 0.25) is 0 Å². The maximum Gasteiger partial charge on any atom is 0.338 e. The van der Waals surface area contributed by atoms with Crippen molar-refractivity contribution in [1.29, 1.82) is 0 Å². The Morgan fingerprint density at radius 3 is 1.86 bits per heavy atom. The molecule has 4 aromatic rings. The number of sulfonamides is 1. The molecule has 0 atom stereocenters. The van der Waals surface area contributed by atoms with E-state index in [1.165, 1.54) is 25.1 Å². The van der Waals surface area contributed by atoms with Crippen molar-refractivity contribution in [2.75, 3.05) is 30.4 Å². The summed E-state index contributed by atoms with van der Waals surface area (Å²) in [6.45, 7) is 9.10. The summed E-state index contributed by atoms with van der Waals surface area (Å²) in [7, 11) is -2.70. The number of nitrogens with zero attached hydrogens (tertiary/aromatic N) is 3. The van der Waals surface area contributed by atoms with Gasteiger partial charge in [0.05, 0.1) is 30.0 Å². The van der Waals surface area contributed by atoms with E-state index in [4.69, 9.17) is 0 Å². The molecule has 306 valence electrons. The van der Waals surface area contributed by atoms with Crippen molar-refractivity contribution in [3.05, 3.63) is 123 Å². The molecule has 0 saturated heterocycles. The van der Waals surface area contributed by atoms with Gasteiger partial charge < -0.3 is 14.9 Å². The summed E-state index contributed by atoms with van der Waals surface area (Å²) in [5, 5.41) is 9.73. The molecule has 8 nitrogen and oxygen atoms in total. The highest BCUT2D eigenvalue weighted by molar-refractivity contribution is 7.89. The predicted molar refractivity (Wildman–Crippen MR) is 205 cm³/mol. The number of carboxylic acid groups (broad SMARTS) is 1. The highest BCUT2D eigenvalue weighted by atomic mass is 32.2. The SMILES string of the molecule is CN(C)c1cc(C(=O)O)c(F)cc1N(Cc1cc(C2CC2)cc(C(C)(C)C)c1)C(=O)CN(Cc1ccccc1C(C)(C)C)S(=O)(=O)c1c(F)c(F)c(F)c(F)c1F. The van der Waals surface area contributed by atoms with Crippen molar-refractivity contribution in [3.63, 3.8) is 0 Å². The number of rotatable bonds is 12. The Kier molecular flexibility index (Phi) is 12.0. The molecule has 0 heterocycles. The van der Waals surface area contributed by atoms with Gasteiger partial charge in [0.1, 0.15) is 5.82 Å². The van der Waals surface area contributed by atoms with Crippen molar-refractivity contribution in [3.8, 4) is 0 Å². The van der Waals surface area contributed by atoms with Crippen molar-refractivity contribution < 1.29 is 49.5 Å². The lowest BCUT2D eigenvalue weighted by atomic mass is 9.84. The standard InChI is InChI=1S/C42H45F6N3O5S/c1-41(2,3)27-16-23(15-26(17-27)24-13-14-24)20-51(32-19-30(43)28(40(53)54)18-31(32)49(7)8)33(52)22-50(21-25-11-9-10-12-29(25)42(4,5)6)57(55,56)39-37(47)35(45)34(44)36(46)38(39)48/h9-12,15-19,24H,13-14,20-22H2,1-8H3,(H,53,54). The van der Waals surface area contributed by atoms with Crippen molar-refractivity contribution >= 4 is 33.3 Å². The lowest BCUT2D eigenvalue weighted by molar-refractivity contribution is -0.119. The van der Waals surface area contributed by atoms with Crippen LogP contribution in [0, 0.1) is 34.9 Å². The highest BCUT2D eigenvalue weighted by Gasteiger charge is 2.40. The summed E-state index contributed by atoms with van der Waals surface area (Å²) in [4.78, 5) is 27.1. The van der Waals surface area contributed by atoms with Crippen LogP contribution >= 0.6 is 0 Å². The second-order valence-electron chi connectivity index (χ2n) is 16.6. The molecule has 0 aromatic heterocycles. The monoisotopic (exact) mass is 817 g/mol. The zero-order chi connectivity index (χ0) is 42.5. The molecule has 1 N–H and O–H groups in total. The first-order valence-corrected chi connectivity index (χ1v) is 19.6. The third-order valence-electron chi connectivity index (χ3n) is 9.89. The third-order valence-corrected chi connectivity index (χ3v) is 11.7. The van der Waals surface area contributed by atoms with Gasteiger partial charge in [0.15, 0.2) is 28.2 Å². The highest BCUT2D eigenvalue weighted by Crippen LogP contribution is 2.43. The van der Waals surface area contributed by atoms with E-state index in [-0.39, 0.29) is 34.8 Å². The predicted octanol–water partition coefficient (Wildman–Crippen LogP) is 9.18. The molecular weight excluding hydrogens is 773 g/mol. The Labute approximate surface area is 328 Å². The van der Waals surface area contributed by atoms with E-state index < -0.39 is 85.8 Å². The van der Waals surface area contributed by atoms with Crippen molar-refractivity contribution in [1.82, 2.24) is 4.31 Å². The van der Waals surface area contributed by atoms with E-state index in [1.807, 2.05) is 32.9 Å². The van der Waals surface area contributed by atoms with Crippen molar-refractivity contribution in [2.24, 2.45) is 0 Å². The lowest BCUT2D eigenvalue weighted by Crippen LogP contribution is -2.44. The third kappa shape index (κ3) is 8.99. The van der Waals surface area contributed by atoms with E-state index in [0.29, 0.717) is 15.4 Å². The molecule has 15 heteroatoms. The summed E-state index contributed by atoms with van der Waals surface area (Å²) in [6, 6.07) is 14.0. The summed E-state index contributed by atoms with van der Waals surface area (Å²) in [5.41, 5.74) is 1.41. The number of amides is 1. The van der Waals surface area contributed by atoms with Crippen LogP contribution in [0.4, 0.5) is 37.7 Å². The molecule has 1 aliphatic carbocycles. The first-order valence-electron chi connectivity index (χ1n) is 18.1. The van der Waals surface area contributed by atoms with Gasteiger partial charge >= 0.3 is 5.97 Å². The topological polar surface area (TPSA) is 98.2 Å². The number of hydrogen-bond acceptors (Lipinski definition) is 5. The summed E-state index contributed by atoms with van der Waals surface area (Å²) >= 11 is 0. The summed E-state index contributed by atoms with van der Waals surface area (Å²) in [6.07, 6.45) is 1.87. The molecule has 5 rings (SSSR count). The van der Waals surface area contributed by atoms with Gasteiger partial charge in [0.25, 0.3) is 0 Å². The number of carboxylic acids is 1. The van der Waals surface area contributed by atoms with Gasteiger partial charge in [-0.3, -0.25) is 4.79 Å². The Bertz CT molecular complexity index is 2320. The minimum absolute atomic E-state index is 0.0452. The summed E-state index contributed by atoms with van der Waals surface area (Å²) in [5.74, 6) is -16.4. The second-order valence-corrected chi connectivity index (χ2v) is 18.4. The zero-order valence-electron chi connectivity index (χ0n) is 32.9. The number of carbonyl (C=O) groups excluding carboxylic acids is 1. The number of carbonyl (C=O) groups is 2. The Balaban J connectivity index is 1.75. The number of aromatic carboxylic acids is 1. The van der Waals surface area contributed by atoms with Gasteiger partial charge in [-0.05, 0) is 63.5 Å². The fourth-order valence-electron chi connectivity index (χ4n) is 6.66. The number of benzene rings is 4. The van der Waals surface area contributed by atoms with Gasteiger partial charge in [-0.1, -0.05) is 84.0 Å². The van der Waals surface area contributed by atoms with Crippen molar-refractivity contribution in [2.45, 2.75) is 89.1 Å². The van der Waals surface area contributed by atoms with Crippen LogP contribution in [0.25, 0.3) is 0 Å². The van der Waals surface area contributed by atoms with Crippen LogP contribution in [0.15, 0.2) is 59.5 Å². The van der Waals surface area contributed by atoms with Gasteiger partial charge in [-0.25, -0.2) is 39.6 Å². The van der Waals surface area contributed by atoms with Crippen LogP contribution in [0.5, 0.6) is 0 Å². The largest absolute Gasteiger partial charge is 0.478 e. The molecule has 4 aromatic carbocycles. The average Bonchev–Trinajstić information content (AvgIpc) is 3.97. The molecule has 1 aliphatic rings. The lowest BCUT2D eigenvalue weighted by Gasteiger charge is -2.32. The smallest absolute Gasteiger partial charge is 0.338 e. The minimum atomic E-state index is -5.73. The Morgan fingerprint density at radius 1 is 0.754 bits per heavy atom. The van der Waals surface area contributed by atoms with E-state index in [1.54, 1.807) is 39.0 Å². The van der Waals surface area contributed by atoms with Crippen LogP contribution in [0.3, 0.4) is 0 Å². The molecule has 0 aliphatic heterocycles. The molecule has 57 heavy (non-hydrogen) atoms. The fourth-order valence-corrected chi connectivity index (χ4v) is 8.14. The molecule has 1 fully saturated rings. The number of hydrogen-bond donors (Lipinski definition) is 1. The van der Waals surface area contributed by atoms with Crippen LogP contribution in [-0.2, 0) is 38.7 Å². The minimum Gasteiger partial charge on any atom is -0.478 e. The van der Waals surface area contributed by atoms with Crippen LogP contribution in [0.1, 0.15) is 98.5 Å². The molecule has 0 spiro atoms. The average molecular weight is 818 g/mol. The molecule has 0 radical (unpaired) electrons. The quantitative estimate of drug-likeness (QED) is 0.0871. The maximum absolute atomic E-state index is 15.6. The van der Waals surface area contributed by atoms with E-state index in [0.717, 1.165) is 41.0 Å². The van der Waals surface area contributed by atoms with Crippen LogP contribution < -0.4 is 9.80 Å². The van der Waals surface area contributed by atoms with Crippen LogP contribution in [-0.4, -0.2) is 50.3 Å². The van der Waals surface area contributed by atoms with Gasteiger partial charge in [-0.2, -0.15) is 4.31 Å². The molecule has 1 amide bonds. The fraction of sp³-hybridized carbons (Fsp3) is 0.381. The molecular formula is C42H45F6N3O5S. The maximum atomic E-state index is 15.6. The van der Waals surface area contributed by atoms with Gasteiger partial charge in [0.2, 0.25) is 21.7 Å². The first-order chi connectivity index (χ1) is 26.3. The van der Waals surface area contributed by atoms with E-state index in [9.17, 15) is 36.3 Å². The Hall–Kier alpha value is -4.89.